The molecule has 0 aromatic carbocycles. The molecule has 1 N–H and O–H groups in total. The lowest BCUT2D eigenvalue weighted by atomic mass is 9.81. The van der Waals surface area contributed by atoms with E-state index in [1.165, 1.54) is 42.6 Å². The second-order valence-corrected chi connectivity index (χ2v) is 6.48. The lowest BCUT2D eigenvalue weighted by molar-refractivity contribution is 0.0529. The topological polar surface area (TPSA) is 39.1 Å². The Hall–Kier alpha value is -0.870. The molecule has 2 aliphatic rings. The van der Waals surface area contributed by atoms with Crippen LogP contribution in [0.25, 0.3) is 0 Å². The number of aromatic nitrogens is 2. The van der Waals surface area contributed by atoms with E-state index in [1.54, 1.807) is 0 Å². The normalized spacial score (nSPS) is 28.8. The van der Waals surface area contributed by atoms with Crippen LogP contribution in [0.4, 0.5) is 0 Å². The molecule has 2 heterocycles. The van der Waals surface area contributed by atoms with Crippen molar-refractivity contribution >= 4 is 0 Å². The van der Waals surface area contributed by atoms with Gasteiger partial charge in [-0.25, -0.2) is 0 Å². The molecule has 0 spiro atoms. The summed E-state index contributed by atoms with van der Waals surface area (Å²) < 4.78 is 7.94. The van der Waals surface area contributed by atoms with Crippen LogP contribution in [0.3, 0.4) is 0 Å². The van der Waals surface area contributed by atoms with Gasteiger partial charge in [0.2, 0.25) is 0 Å². The van der Waals surface area contributed by atoms with Crippen LogP contribution in [0.5, 0.6) is 0 Å². The van der Waals surface area contributed by atoms with Crippen LogP contribution in [0.1, 0.15) is 56.5 Å². The minimum atomic E-state index is 0.515. The fourth-order valence-electron chi connectivity index (χ4n) is 4.26. The van der Waals surface area contributed by atoms with E-state index in [1.807, 2.05) is 0 Å². The van der Waals surface area contributed by atoms with E-state index in [-0.39, 0.29) is 0 Å². The maximum atomic E-state index is 5.88. The van der Waals surface area contributed by atoms with E-state index in [2.05, 4.69) is 36.0 Å². The van der Waals surface area contributed by atoms with E-state index >= 15 is 0 Å². The third-order valence-electron chi connectivity index (χ3n) is 5.35. The molecule has 118 valence electrons. The average Bonchev–Trinajstić information content (AvgIpc) is 3.08. The minimum absolute atomic E-state index is 0.515. The summed E-state index contributed by atoms with van der Waals surface area (Å²) in [6.07, 6.45) is 7.68. The van der Waals surface area contributed by atoms with Gasteiger partial charge >= 0.3 is 0 Å². The van der Waals surface area contributed by atoms with E-state index in [9.17, 15) is 0 Å². The summed E-state index contributed by atoms with van der Waals surface area (Å²) in [6, 6.07) is 0.626. The third kappa shape index (κ3) is 2.88. The summed E-state index contributed by atoms with van der Waals surface area (Å²) >= 11 is 0. The molecule has 3 unspecified atom stereocenters. The van der Waals surface area contributed by atoms with Gasteiger partial charge in [-0.2, -0.15) is 5.10 Å². The summed E-state index contributed by atoms with van der Waals surface area (Å²) in [5.41, 5.74) is 4.08. The fraction of sp³-hybridized carbons (Fsp3) is 0.824. The van der Waals surface area contributed by atoms with Crippen molar-refractivity contribution in [3.05, 3.63) is 17.0 Å². The summed E-state index contributed by atoms with van der Waals surface area (Å²) in [5.74, 6) is 0.727. The molecule has 1 saturated heterocycles. The second-order valence-electron chi connectivity index (χ2n) is 6.48. The van der Waals surface area contributed by atoms with Gasteiger partial charge in [-0.15, -0.1) is 0 Å². The Bertz CT molecular complexity index is 483. The highest BCUT2D eigenvalue weighted by atomic mass is 16.5. The number of ether oxygens (including phenoxy) is 1. The number of nitrogens with one attached hydrogen (secondary N) is 1. The van der Waals surface area contributed by atoms with Crippen molar-refractivity contribution in [1.82, 2.24) is 15.1 Å². The van der Waals surface area contributed by atoms with Crippen LogP contribution < -0.4 is 5.32 Å². The van der Waals surface area contributed by atoms with Gasteiger partial charge in [-0.3, -0.25) is 4.68 Å². The van der Waals surface area contributed by atoms with Crippen molar-refractivity contribution in [2.75, 3.05) is 6.61 Å². The summed E-state index contributed by atoms with van der Waals surface area (Å²) in [5, 5.41) is 8.52. The molecule has 0 amide bonds. The van der Waals surface area contributed by atoms with Crippen molar-refractivity contribution in [2.45, 2.75) is 71.1 Å². The molecule has 0 bridgehead atoms. The van der Waals surface area contributed by atoms with E-state index < -0.39 is 0 Å². The van der Waals surface area contributed by atoms with Crippen LogP contribution in [0, 0.1) is 5.92 Å². The molecule has 3 atom stereocenters. The van der Waals surface area contributed by atoms with Gasteiger partial charge in [0, 0.05) is 43.4 Å². The maximum Gasteiger partial charge on any atom is 0.0669 e. The lowest BCUT2D eigenvalue weighted by Crippen LogP contribution is -2.42. The second kappa shape index (κ2) is 6.49. The molecule has 3 rings (SSSR count). The SMILES string of the molecule is CCc1nn(C)c(CC)c1CNC1CCCC2OCCC12. The van der Waals surface area contributed by atoms with Gasteiger partial charge < -0.3 is 10.1 Å². The molecular weight excluding hydrogens is 262 g/mol. The highest BCUT2D eigenvalue weighted by Gasteiger charge is 2.37. The van der Waals surface area contributed by atoms with Crippen molar-refractivity contribution in [3.63, 3.8) is 0 Å². The molecule has 4 heteroatoms. The van der Waals surface area contributed by atoms with E-state index in [0.717, 1.165) is 31.9 Å². The summed E-state index contributed by atoms with van der Waals surface area (Å²) in [6.45, 7) is 6.35. The Morgan fingerprint density at radius 2 is 2.10 bits per heavy atom. The quantitative estimate of drug-likeness (QED) is 0.906. The van der Waals surface area contributed by atoms with Crippen LogP contribution in [-0.2, 0) is 31.2 Å². The predicted octanol–water partition coefficient (Wildman–Crippen LogP) is 2.59. The Kier molecular flexibility index (Phi) is 4.65. The number of aryl methyl sites for hydroxylation is 2. The molecule has 4 nitrogen and oxygen atoms in total. The standard InChI is InChI=1S/C17H29N3O/c1-4-14-13(16(5-2)20(3)19-14)11-18-15-7-6-8-17-12(15)9-10-21-17/h12,15,17-18H,4-11H2,1-3H3. The van der Waals surface area contributed by atoms with Gasteiger partial charge in [0.1, 0.15) is 0 Å². The zero-order valence-corrected chi connectivity index (χ0v) is 13.7. The lowest BCUT2D eigenvalue weighted by Gasteiger charge is -2.33. The predicted molar refractivity (Wildman–Crippen MR) is 84.3 cm³/mol. The number of fused-ring (bicyclic) bond motifs is 1. The van der Waals surface area contributed by atoms with Gasteiger partial charge in [0.05, 0.1) is 11.8 Å². The van der Waals surface area contributed by atoms with E-state index in [4.69, 9.17) is 4.74 Å². The van der Waals surface area contributed by atoms with Gasteiger partial charge in [-0.1, -0.05) is 13.8 Å². The number of hydrogen-bond acceptors (Lipinski definition) is 3. The monoisotopic (exact) mass is 291 g/mol. The Morgan fingerprint density at radius 1 is 1.24 bits per heavy atom. The van der Waals surface area contributed by atoms with Crippen molar-refractivity contribution in [3.8, 4) is 0 Å². The minimum Gasteiger partial charge on any atom is -0.378 e. The van der Waals surface area contributed by atoms with Gasteiger partial charge in [0.25, 0.3) is 0 Å². The molecule has 1 saturated carbocycles. The molecule has 1 aromatic rings. The first-order valence-corrected chi connectivity index (χ1v) is 8.63. The van der Waals surface area contributed by atoms with E-state index in [0.29, 0.717) is 12.1 Å². The first kappa shape index (κ1) is 15.0. The number of hydrogen-bond donors (Lipinski definition) is 1. The van der Waals surface area contributed by atoms with Crippen molar-refractivity contribution in [2.24, 2.45) is 13.0 Å². The molecule has 2 fully saturated rings. The van der Waals surface area contributed by atoms with Gasteiger partial charge in [0.15, 0.2) is 0 Å². The smallest absolute Gasteiger partial charge is 0.0669 e. The molecule has 0 radical (unpaired) electrons. The fourth-order valence-corrected chi connectivity index (χ4v) is 4.26. The molecule has 1 aliphatic heterocycles. The van der Waals surface area contributed by atoms with Crippen LogP contribution in [-0.4, -0.2) is 28.5 Å². The van der Waals surface area contributed by atoms with Crippen LogP contribution in [0.15, 0.2) is 0 Å². The third-order valence-corrected chi connectivity index (χ3v) is 5.35. The average molecular weight is 291 g/mol. The Morgan fingerprint density at radius 3 is 2.86 bits per heavy atom. The Balaban J connectivity index is 1.69. The largest absolute Gasteiger partial charge is 0.378 e. The molecule has 1 aliphatic carbocycles. The zero-order valence-electron chi connectivity index (χ0n) is 13.7. The first-order chi connectivity index (χ1) is 10.2. The van der Waals surface area contributed by atoms with Crippen LogP contribution >= 0.6 is 0 Å². The van der Waals surface area contributed by atoms with Crippen molar-refractivity contribution < 1.29 is 4.74 Å². The van der Waals surface area contributed by atoms with Gasteiger partial charge in [-0.05, 0) is 38.5 Å². The summed E-state index contributed by atoms with van der Waals surface area (Å²) in [4.78, 5) is 0. The first-order valence-electron chi connectivity index (χ1n) is 8.63. The van der Waals surface area contributed by atoms with Crippen molar-refractivity contribution in [1.29, 1.82) is 0 Å². The number of nitrogens with zero attached hydrogens (tertiary/aromatic N) is 2. The molecule has 1 aromatic heterocycles. The highest BCUT2D eigenvalue weighted by molar-refractivity contribution is 5.26. The zero-order chi connectivity index (χ0) is 14.8. The molecule has 21 heavy (non-hydrogen) atoms. The highest BCUT2D eigenvalue weighted by Crippen LogP contribution is 2.34. The number of rotatable bonds is 5. The Labute approximate surface area is 128 Å². The summed E-state index contributed by atoms with van der Waals surface area (Å²) in [7, 11) is 2.07. The van der Waals surface area contributed by atoms with Crippen LogP contribution in [0.2, 0.25) is 0 Å². The molecular formula is C17H29N3O. The maximum absolute atomic E-state index is 5.88.